The van der Waals surface area contributed by atoms with Crippen molar-refractivity contribution < 1.29 is 13.9 Å². The number of hydrogen-bond donors (Lipinski definition) is 0. The maximum absolute atomic E-state index is 13.8. The normalized spacial score (nSPS) is 14.0. The summed E-state index contributed by atoms with van der Waals surface area (Å²) in [5.41, 5.74) is 0.549. The van der Waals surface area contributed by atoms with Gasteiger partial charge in [0, 0.05) is 32.2 Å². The van der Waals surface area contributed by atoms with Gasteiger partial charge in [0.1, 0.15) is 23.2 Å². The van der Waals surface area contributed by atoms with E-state index >= 15 is 0 Å². The fourth-order valence-electron chi connectivity index (χ4n) is 2.93. The minimum Gasteiger partial charge on any atom is -0.482 e. The molecule has 5 nitrogen and oxygen atoms in total. The molecule has 0 aromatic heterocycles. The largest absolute Gasteiger partial charge is 0.482 e. The van der Waals surface area contributed by atoms with Crippen LogP contribution in [-0.2, 0) is 4.79 Å². The Morgan fingerprint density at radius 3 is 2.46 bits per heavy atom. The third-order valence-electron chi connectivity index (χ3n) is 4.40. The number of nitriles is 1. The summed E-state index contributed by atoms with van der Waals surface area (Å²) < 4.78 is 19.3. The topological polar surface area (TPSA) is 56.6 Å². The van der Waals surface area contributed by atoms with E-state index in [0.717, 1.165) is 0 Å². The summed E-state index contributed by atoms with van der Waals surface area (Å²) in [5, 5.41) is 10.0. The Balaban J connectivity index is 1.58. The molecule has 0 spiro atoms. The molecule has 1 amide bonds. The minimum atomic E-state index is -0.551. The quantitative estimate of drug-likeness (QED) is 0.659. The molecule has 1 fully saturated rings. The molecule has 0 radical (unpaired) electrons. The molecule has 0 aliphatic carbocycles. The summed E-state index contributed by atoms with van der Waals surface area (Å²) in [7, 11) is 0. The van der Waals surface area contributed by atoms with Crippen LogP contribution in [-0.4, -0.2) is 43.6 Å². The first-order valence-corrected chi connectivity index (χ1v) is 9.52. The van der Waals surface area contributed by atoms with Crippen LogP contribution in [0.2, 0.25) is 15.1 Å². The van der Waals surface area contributed by atoms with Gasteiger partial charge >= 0.3 is 0 Å². The van der Waals surface area contributed by atoms with Gasteiger partial charge in [-0.2, -0.15) is 5.26 Å². The molecule has 28 heavy (non-hydrogen) atoms. The van der Waals surface area contributed by atoms with Crippen molar-refractivity contribution in [3.63, 3.8) is 0 Å². The second-order valence-electron chi connectivity index (χ2n) is 6.10. The Kier molecular flexibility index (Phi) is 6.50. The van der Waals surface area contributed by atoms with Crippen LogP contribution in [0.4, 0.5) is 10.1 Å². The maximum Gasteiger partial charge on any atom is 0.260 e. The number of anilines is 1. The number of ether oxygens (including phenoxy) is 1. The molecule has 3 rings (SSSR count). The molecule has 2 aromatic rings. The zero-order chi connectivity index (χ0) is 20.3. The van der Waals surface area contributed by atoms with E-state index < -0.39 is 5.82 Å². The number of nitrogens with zero attached hydrogens (tertiary/aromatic N) is 3. The highest BCUT2D eigenvalue weighted by molar-refractivity contribution is 6.43. The highest BCUT2D eigenvalue weighted by Crippen LogP contribution is 2.33. The fourth-order valence-corrected chi connectivity index (χ4v) is 3.52. The molecule has 0 bridgehead atoms. The van der Waals surface area contributed by atoms with Gasteiger partial charge in [0.2, 0.25) is 0 Å². The second-order valence-corrected chi connectivity index (χ2v) is 7.32. The number of hydrogen-bond acceptors (Lipinski definition) is 4. The molecule has 0 saturated carbocycles. The number of benzene rings is 2. The summed E-state index contributed by atoms with van der Waals surface area (Å²) in [6, 6.07) is 9.34. The lowest BCUT2D eigenvalue weighted by Crippen LogP contribution is -2.50. The third kappa shape index (κ3) is 4.44. The van der Waals surface area contributed by atoms with Gasteiger partial charge in [-0.1, -0.05) is 40.9 Å². The van der Waals surface area contributed by atoms with E-state index in [4.69, 9.17) is 39.5 Å². The van der Waals surface area contributed by atoms with E-state index in [9.17, 15) is 14.4 Å². The van der Waals surface area contributed by atoms with E-state index in [2.05, 4.69) is 0 Å². The highest BCUT2D eigenvalue weighted by atomic mass is 35.5. The van der Waals surface area contributed by atoms with Crippen molar-refractivity contribution in [2.24, 2.45) is 0 Å². The van der Waals surface area contributed by atoms with Crippen LogP contribution in [0.15, 0.2) is 30.3 Å². The van der Waals surface area contributed by atoms with Crippen LogP contribution < -0.4 is 9.64 Å². The SMILES string of the molecule is N#Cc1c(F)cccc1N1CCN(C(=O)COc2cc(Cl)c(Cl)cc2Cl)CC1. The van der Waals surface area contributed by atoms with Crippen molar-refractivity contribution in [1.29, 1.82) is 5.26 Å². The predicted molar refractivity (Wildman–Crippen MR) is 107 cm³/mol. The van der Waals surface area contributed by atoms with E-state index in [1.165, 1.54) is 18.2 Å². The van der Waals surface area contributed by atoms with Crippen LogP contribution in [0.1, 0.15) is 5.56 Å². The first-order valence-electron chi connectivity index (χ1n) is 8.39. The molecule has 1 heterocycles. The Morgan fingerprint density at radius 2 is 1.79 bits per heavy atom. The number of piperazine rings is 1. The summed E-state index contributed by atoms with van der Waals surface area (Å²) in [5.74, 6) is -0.478. The van der Waals surface area contributed by atoms with Crippen molar-refractivity contribution in [2.75, 3.05) is 37.7 Å². The van der Waals surface area contributed by atoms with E-state index in [1.807, 2.05) is 11.0 Å². The summed E-state index contributed by atoms with van der Waals surface area (Å²) >= 11 is 17.9. The Hall–Kier alpha value is -2.20. The monoisotopic (exact) mass is 441 g/mol. The number of carbonyl (C=O) groups excluding carboxylic acids is 1. The molecule has 146 valence electrons. The molecule has 1 saturated heterocycles. The number of amides is 1. The highest BCUT2D eigenvalue weighted by Gasteiger charge is 2.24. The molecule has 1 aliphatic heterocycles. The average Bonchev–Trinajstić information content (AvgIpc) is 2.69. The van der Waals surface area contributed by atoms with Crippen LogP contribution in [0.25, 0.3) is 0 Å². The summed E-state index contributed by atoms with van der Waals surface area (Å²) in [6.07, 6.45) is 0. The molecule has 0 unspecified atom stereocenters. The van der Waals surface area contributed by atoms with Crippen molar-refractivity contribution in [1.82, 2.24) is 4.90 Å². The molecule has 1 aliphatic rings. The Labute approximate surface area is 176 Å². The number of rotatable bonds is 4. The van der Waals surface area contributed by atoms with Gasteiger partial charge < -0.3 is 14.5 Å². The molecule has 9 heteroatoms. The van der Waals surface area contributed by atoms with Crippen LogP contribution in [0.5, 0.6) is 5.75 Å². The van der Waals surface area contributed by atoms with Gasteiger partial charge in [0.05, 0.1) is 20.8 Å². The van der Waals surface area contributed by atoms with E-state index in [1.54, 1.807) is 17.0 Å². The molecular weight excluding hydrogens is 428 g/mol. The lowest BCUT2D eigenvalue weighted by Gasteiger charge is -2.36. The fraction of sp³-hybridized carbons (Fsp3) is 0.263. The summed E-state index contributed by atoms with van der Waals surface area (Å²) in [4.78, 5) is 16.0. The number of carbonyl (C=O) groups is 1. The van der Waals surface area contributed by atoms with Gasteiger partial charge in [0.25, 0.3) is 5.91 Å². The molecule has 0 N–H and O–H groups in total. The zero-order valence-corrected chi connectivity index (χ0v) is 16.9. The first kappa shape index (κ1) is 20.5. The van der Waals surface area contributed by atoms with Crippen molar-refractivity contribution in [3.05, 3.63) is 56.8 Å². The average molecular weight is 443 g/mol. The van der Waals surface area contributed by atoms with Gasteiger partial charge in [-0.05, 0) is 18.2 Å². The van der Waals surface area contributed by atoms with Crippen LogP contribution in [0.3, 0.4) is 0 Å². The third-order valence-corrected chi connectivity index (χ3v) is 5.42. The number of halogens is 4. The zero-order valence-electron chi connectivity index (χ0n) is 14.6. The summed E-state index contributed by atoms with van der Waals surface area (Å²) in [6.45, 7) is 1.63. The minimum absolute atomic E-state index is 0.0138. The van der Waals surface area contributed by atoms with Crippen molar-refractivity contribution >= 4 is 46.4 Å². The van der Waals surface area contributed by atoms with Crippen LogP contribution in [0, 0.1) is 17.1 Å². The van der Waals surface area contributed by atoms with Gasteiger partial charge in [-0.25, -0.2) is 4.39 Å². The van der Waals surface area contributed by atoms with Gasteiger partial charge in [0.15, 0.2) is 6.61 Å². The van der Waals surface area contributed by atoms with E-state index in [-0.39, 0.29) is 33.9 Å². The standard InChI is InChI=1S/C19H15Cl3FN3O2/c20-13-8-15(22)18(9-14(13)21)28-11-19(27)26-6-4-25(5-7-26)17-3-1-2-16(23)12(17)10-24/h1-3,8-9H,4-7,11H2. The van der Waals surface area contributed by atoms with Crippen molar-refractivity contribution in [3.8, 4) is 11.8 Å². The smallest absolute Gasteiger partial charge is 0.260 e. The maximum atomic E-state index is 13.8. The first-order chi connectivity index (χ1) is 13.4. The van der Waals surface area contributed by atoms with Gasteiger partial charge in [-0.15, -0.1) is 0 Å². The van der Waals surface area contributed by atoms with Gasteiger partial charge in [-0.3, -0.25) is 4.79 Å². The molecular formula is C19H15Cl3FN3O2. The van der Waals surface area contributed by atoms with Crippen LogP contribution >= 0.6 is 34.8 Å². The molecule has 2 aromatic carbocycles. The lowest BCUT2D eigenvalue weighted by atomic mass is 10.1. The molecule has 0 atom stereocenters. The lowest BCUT2D eigenvalue weighted by molar-refractivity contribution is -0.133. The van der Waals surface area contributed by atoms with E-state index in [0.29, 0.717) is 36.9 Å². The predicted octanol–water partition coefficient (Wildman–Crippen LogP) is 4.39. The second kappa shape index (κ2) is 8.87. The van der Waals surface area contributed by atoms with Crippen molar-refractivity contribution in [2.45, 2.75) is 0 Å². The Morgan fingerprint density at radius 1 is 1.11 bits per heavy atom. The Bertz CT molecular complexity index is 941.